The van der Waals surface area contributed by atoms with Crippen LogP contribution in [0.4, 0.5) is 0 Å². The van der Waals surface area contributed by atoms with E-state index in [4.69, 9.17) is 51.3 Å². The van der Waals surface area contributed by atoms with Crippen molar-refractivity contribution in [2.75, 3.05) is 119 Å². The van der Waals surface area contributed by atoms with Crippen molar-refractivity contribution in [1.82, 2.24) is 14.7 Å². The van der Waals surface area contributed by atoms with Gasteiger partial charge in [0.15, 0.2) is 18.9 Å². The van der Waals surface area contributed by atoms with Crippen LogP contribution in [0.1, 0.15) is 189 Å². The summed E-state index contributed by atoms with van der Waals surface area (Å²) in [6.45, 7) is 4.62. The summed E-state index contributed by atoms with van der Waals surface area (Å²) >= 11 is 0. The molecule has 614 valence electrons. The van der Waals surface area contributed by atoms with E-state index in [0.717, 1.165) is 0 Å². The number of carbonyl (C=O) groups excluding carboxylic acids is 6. The molecule has 0 aromatic heterocycles. The van der Waals surface area contributed by atoms with Crippen molar-refractivity contribution in [2.24, 2.45) is 17.8 Å². The Labute approximate surface area is 618 Å². The van der Waals surface area contributed by atoms with Gasteiger partial charge in [0.1, 0.15) is 54.0 Å². The summed E-state index contributed by atoms with van der Waals surface area (Å²) in [7, 11) is -9.62. The number of nitrogens with zero attached hydrogens (tertiary/aromatic N) is 3. The fraction of sp³-hybridized carbons (Fsp3) is 0.913. The van der Waals surface area contributed by atoms with Gasteiger partial charge in [-0.05, 0) is 71.6 Å². The molecule has 0 bridgehead atoms. The Balaban J connectivity index is 1.46. The van der Waals surface area contributed by atoms with Crippen LogP contribution in [-0.2, 0) is 89.2 Å². The number of amides is 3. The minimum atomic E-state index is -4.81. The van der Waals surface area contributed by atoms with E-state index >= 15 is 0 Å². The second kappa shape index (κ2) is 53.8. The van der Waals surface area contributed by atoms with Crippen molar-refractivity contribution in [2.45, 2.75) is 269 Å². The number of rotatable bonds is 61. The van der Waals surface area contributed by atoms with Crippen LogP contribution in [0.15, 0.2) is 0 Å². The van der Waals surface area contributed by atoms with E-state index in [-0.39, 0.29) is 146 Å². The Morgan fingerprint density at radius 1 is 0.352 bits per heavy atom. The number of hydrogen-bond acceptors (Lipinski definition) is 29. The van der Waals surface area contributed by atoms with Crippen LogP contribution in [0, 0.1) is 17.8 Å². The first-order chi connectivity index (χ1) is 50.0. The van der Waals surface area contributed by atoms with Gasteiger partial charge in [-0.1, -0.05) is 59.3 Å². The molecule has 0 aliphatic carbocycles. The van der Waals surface area contributed by atoms with Gasteiger partial charge in [-0.2, -0.15) is 0 Å². The molecule has 0 aromatic rings. The summed E-state index contributed by atoms with van der Waals surface area (Å²) in [5.41, 5.74) is 0. The van der Waals surface area contributed by atoms with Crippen LogP contribution in [0.25, 0.3) is 0 Å². The van der Waals surface area contributed by atoms with Crippen molar-refractivity contribution in [3.8, 4) is 0 Å². The van der Waals surface area contributed by atoms with E-state index in [1.165, 1.54) is 14.7 Å². The summed E-state index contributed by atoms with van der Waals surface area (Å²) in [6.07, 6.45) is -2.90. The Morgan fingerprint density at radius 3 is 0.857 bits per heavy atom. The van der Waals surface area contributed by atoms with Crippen molar-refractivity contribution in [3.63, 3.8) is 0 Å². The lowest BCUT2D eigenvalue weighted by Crippen LogP contribution is -2.55. The molecule has 105 heavy (non-hydrogen) atoms. The average molecular weight is 1560 g/mol. The molecule has 8 unspecified atom stereocenters. The van der Waals surface area contributed by atoms with Gasteiger partial charge >= 0.3 is 15.6 Å². The fourth-order valence-electron chi connectivity index (χ4n) is 12.1. The van der Waals surface area contributed by atoms with Crippen LogP contribution >= 0.6 is 15.6 Å². The zero-order chi connectivity index (χ0) is 77.9. The molecule has 36 heteroatoms. The molecule has 3 aliphatic rings. The highest BCUT2D eigenvalue weighted by Gasteiger charge is 2.45. The van der Waals surface area contributed by atoms with Crippen molar-refractivity contribution in [3.05, 3.63) is 0 Å². The molecule has 0 aromatic carbocycles. The predicted molar refractivity (Wildman–Crippen MR) is 376 cm³/mol. The molecule has 3 fully saturated rings. The molecule has 3 amide bonds. The molecule has 12 N–H and O–H groups in total. The molecule has 0 radical (unpaired) electrons. The number of Topliss-reactive ketones (excluding diaryl/α,β-unsaturated/α-hetero) is 3. The molecular weight excluding hydrogens is 1430 g/mol. The van der Waals surface area contributed by atoms with E-state index in [2.05, 4.69) is 0 Å². The quantitative estimate of drug-likeness (QED) is 0.0307. The van der Waals surface area contributed by atoms with Gasteiger partial charge in [0.05, 0.1) is 104 Å². The normalized spacial score (nSPS) is 26.1. The largest absolute Gasteiger partial charge is 0.472 e. The highest BCUT2D eigenvalue weighted by molar-refractivity contribution is 7.47. The number of carbonyl (C=O) groups is 6. The van der Waals surface area contributed by atoms with E-state index in [0.29, 0.717) is 109 Å². The van der Waals surface area contributed by atoms with Crippen LogP contribution in [0.2, 0.25) is 0 Å². The Hall–Kier alpha value is -3.04. The number of hydrogen-bond donors (Lipinski definition) is 12. The van der Waals surface area contributed by atoms with Gasteiger partial charge in [-0.25, -0.2) is 9.13 Å². The average Bonchev–Trinajstić information content (AvgIpc) is 0.830. The zero-order valence-electron chi connectivity index (χ0n) is 62.3. The zero-order valence-corrected chi connectivity index (χ0v) is 64.1. The fourth-order valence-corrected chi connectivity index (χ4v) is 13.5. The van der Waals surface area contributed by atoms with E-state index < -0.39 is 166 Å². The first-order valence-corrected chi connectivity index (χ1v) is 40.6. The van der Waals surface area contributed by atoms with Gasteiger partial charge in [-0.3, -0.25) is 46.9 Å². The molecule has 3 rings (SSSR count). The number of ether oxygens (including phenoxy) is 7. The molecule has 0 spiro atoms. The molecule has 17 atom stereocenters. The summed E-state index contributed by atoms with van der Waals surface area (Å²) in [5.74, 6) is -2.67. The molecule has 0 saturated carbocycles. The monoisotopic (exact) mass is 1560 g/mol. The SMILES string of the molecule is CC(C)OCCN(CCOP(=O)(O)OCCN(CCOP(=O)(O)OCCN(CCO)C(=O)CCCCCCC(=O)CCCO[C@@H]1OC(CO)[C@H](O)[C@H](O)C1C)C(=O)CCCCCCC(=O)CCCO[C@@H]1OC(CO)[C@H](O)[C@H](O)C1C)C(=O)CCCCCCC(=O)CCCO[C@@H]1OC(CO)[C@H](O)[C@H](O)C1C. The molecule has 3 aliphatic heterocycles. The van der Waals surface area contributed by atoms with Gasteiger partial charge in [-0.15, -0.1) is 0 Å². The number of aliphatic hydroxyl groups is 10. The molecule has 3 saturated heterocycles. The second-order valence-electron chi connectivity index (χ2n) is 27.5. The first kappa shape index (κ1) is 96.2. The van der Waals surface area contributed by atoms with Crippen LogP contribution in [-0.4, -0.2) is 309 Å². The number of aliphatic hydroxyl groups excluding tert-OH is 10. The number of ketones is 3. The summed E-state index contributed by atoms with van der Waals surface area (Å²) in [5, 5.41) is 99.0. The van der Waals surface area contributed by atoms with Gasteiger partial charge in [0, 0.05) is 115 Å². The Bertz CT molecular complexity index is 2530. The third-order valence-electron chi connectivity index (χ3n) is 18.7. The highest BCUT2D eigenvalue weighted by atomic mass is 31.2. The van der Waals surface area contributed by atoms with Crippen LogP contribution in [0.5, 0.6) is 0 Å². The highest BCUT2D eigenvalue weighted by Crippen LogP contribution is 2.44. The van der Waals surface area contributed by atoms with E-state index in [1.807, 2.05) is 13.8 Å². The second-order valence-corrected chi connectivity index (χ2v) is 30.4. The Morgan fingerprint density at radius 2 is 0.600 bits per heavy atom. The van der Waals surface area contributed by atoms with Gasteiger partial charge in [0.2, 0.25) is 17.7 Å². The summed E-state index contributed by atoms with van der Waals surface area (Å²) in [4.78, 5) is 103. The smallest absolute Gasteiger partial charge is 0.395 e. The maximum absolute atomic E-state index is 13.7. The first-order valence-electron chi connectivity index (χ1n) is 37.6. The van der Waals surface area contributed by atoms with Crippen molar-refractivity contribution >= 4 is 50.7 Å². The minimum Gasteiger partial charge on any atom is -0.395 e. The van der Waals surface area contributed by atoms with Crippen LogP contribution < -0.4 is 0 Å². The standard InChI is InChI=1S/C69H127N3O31P2/c1-48(2)93-40-31-71(59(81)28-16-10-7-13-22-53(78)25-19-38-95-68-50(4)62(84)65(87)56(46-75)102-68)33-42-98-105(91,92)100-44-35-72(60(82)29-17-11-8-14-23-54(79)26-20-39-96-69-51(5)63(85)66(88)57(47-76)103-69)34-43-99-104(89,90)97-41-32-70(30-36-73)58(80)27-15-9-6-12-21-52(77)24-18-37-94-67-49(3)61(83)64(86)55(45-74)101-67/h48-51,55-57,61-69,73-76,83-88H,6-47H2,1-5H3,(H,89,90)(H,91,92)/t49?,50?,51?,55?,56?,57?,61-,62-,63-,64+,65+,66+,67-,68-,69-/m1/s1. The molecule has 34 nitrogen and oxygen atoms in total. The lowest BCUT2D eigenvalue weighted by Gasteiger charge is -2.40. The minimum absolute atomic E-state index is 0.0120. The van der Waals surface area contributed by atoms with E-state index in [1.54, 1.807) is 20.8 Å². The van der Waals surface area contributed by atoms with Crippen molar-refractivity contribution in [1.29, 1.82) is 0 Å². The summed E-state index contributed by atoms with van der Waals surface area (Å²) in [6, 6.07) is 0. The van der Waals surface area contributed by atoms with Crippen molar-refractivity contribution < 1.29 is 150 Å². The topological polar surface area (TPSA) is 491 Å². The number of phosphoric acid groups is 2. The lowest BCUT2D eigenvalue weighted by atomic mass is 9.92. The lowest BCUT2D eigenvalue weighted by molar-refractivity contribution is -0.282. The Kier molecular flexibility index (Phi) is 49.3. The molecular formula is C69H127N3O31P2. The maximum atomic E-state index is 13.7. The summed E-state index contributed by atoms with van der Waals surface area (Å²) < 4.78 is 86.6. The van der Waals surface area contributed by atoms with E-state index in [9.17, 15) is 98.7 Å². The number of unbranched alkanes of at least 4 members (excludes halogenated alkanes) is 9. The number of phosphoric ester groups is 2. The third-order valence-corrected chi connectivity index (χ3v) is 20.7. The molecule has 3 heterocycles. The van der Waals surface area contributed by atoms with Gasteiger partial charge in [0.25, 0.3) is 0 Å². The maximum Gasteiger partial charge on any atom is 0.472 e. The predicted octanol–water partition coefficient (Wildman–Crippen LogP) is 2.50. The van der Waals surface area contributed by atoms with Crippen LogP contribution in [0.3, 0.4) is 0 Å². The van der Waals surface area contributed by atoms with Gasteiger partial charge < -0.3 is 109 Å². The third kappa shape index (κ3) is 38.6.